The van der Waals surface area contributed by atoms with Gasteiger partial charge in [-0.05, 0) is 37.3 Å². The zero-order valence-electron chi connectivity index (χ0n) is 10.7. The van der Waals surface area contributed by atoms with Crippen molar-refractivity contribution in [1.82, 2.24) is 0 Å². The Morgan fingerprint density at radius 1 is 1.21 bits per heavy atom. The van der Waals surface area contributed by atoms with Gasteiger partial charge in [0.05, 0.1) is 0 Å². The Kier molecular flexibility index (Phi) is 3.51. The van der Waals surface area contributed by atoms with Crippen molar-refractivity contribution in [2.75, 3.05) is 11.9 Å². The second-order valence-electron chi connectivity index (χ2n) is 4.29. The third-order valence-electron chi connectivity index (χ3n) is 3.04. The molecule has 2 aromatic carbocycles. The maximum atomic E-state index is 13.2. The molecule has 2 rings (SSSR count). The van der Waals surface area contributed by atoms with Crippen LogP contribution in [0.2, 0.25) is 0 Å². The summed E-state index contributed by atoms with van der Waals surface area (Å²) in [6.45, 7) is 1.67. The summed E-state index contributed by atoms with van der Waals surface area (Å²) in [6.07, 6.45) is 0. The first-order valence-electron chi connectivity index (χ1n) is 5.83. The Morgan fingerprint density at radius 3 is 2.58 bits per heavy atom. The highest BCUT2D eigenvalue weighted by atomic mass is 19.1. The molecule has 0 atom stereocenters. The molecule has 1 N–H and O–H groups in total. The summed E-state index contributed by atoms with van der Waals surface area (Å²) in [7, 11) is 1.57. The quantitative estimate of drug-likeness (QED) is 0.900. The summed E-state index contributed by atoms with van der Waals surface area (Å²) < 4.78 is 13.2. The summed E-state index contributed by atoms with van der Waals surface area (Å²) in [5.74, 6) is -0.623. The highest BCUT2D eigenvalue weighted by molar-refractivity contribution is 6.07. The van der Waals surface area contributed by atoms with Crippen molar-refractivity contribution in [2.45, 2.75) is 6.92 Å². The van der Waals surface area contributed by atoms with E-state index in [2.05, 4.69) is 0 Å². The van der Waals surface area contributed by atoms with Crippen LogP contribution in [0, 0.1) is 12.7 Å². The predicted molar refractivity (Wildman–Crippen MR) is 72.0 cm³/mol. The molecular weight excluding hydrogens is 245 g/mol. The molecule has 0 aliphatic rings. The number of carbonyl (C=O) groups excluding carboxylic acids is 1. The number of halogens is 1. The van der Waals surface area contributed by atoms with Crippen molar-refractivity contribution in [3.63, 3.8) is 0 Å². The number of hydrogen-bond donors (Lipinski definition) is 1. The summed E-state index contributed by atoms with van der Waals surface area (Å²) >= 11 is 0. The van der Waals surface area contributed by atoms with Crippen LogP contribution < -0.4 is 4.90 Å². The fourth-order valence-electron chi connectivity index (χ4n) is 1.84. The molecule has 0 aromatic heterocycles. The molecule has 2 aromatic rings. The minimum absolute atomic E-state index is 0.0680. The number of amides is 1. The van der Waals surface area contributed by atoms with Gasteiger partial charge in [0.2, 0.25) is 0 Å². The first kappa shape index (κ1) is 13.1. The molecule has 0 spiro atoms. The van der Waals surface area contributed by atoms with Gasteiger partial charge >= 0.3 is 0 Å². The number of anilines is 1. The first-order chi connectivity index (χ1) is 9.00. The lowest BCUT2D eigenvalue weighted by Crippen LogP contribution is -2.26. The van der Waals surface area contributed by atoms with E-state index in [9.17, 15) is 14.3 Å². The van der Waals surface area contributed by atoms with Crippen LogP contribution in [-0.2, 0) is 0 Å². The van der Waals surface area contributed by atoms with Gasteiger partial charge in [0, 0.05) is 23.9 Å². The minimum Gasteiger partial charge on any atom is -0.508 e. The standard InChI is InChI=1S/C15H14FNO2/c1-10-13(7-4-8-14(10)18)15(19)17(2)12-6-3-5-11(16)9-12/h3-9,18H,1-2H3. The van der Waals surface area contributed by atoms with Gasteiger partial charge in [0.25, 0.3) is 5.91 Å². The molecule has 0 fully saturated rings. The molecule has 1 amide bonds. The van der Waals surface area contributed by atoms with E-state index >= 15 is 0 Å². The Labute approximate surface area is 110 Å². The molecule has 0 heterocycles. The number of rotatable bonds is 2. The molecular formula is C15H14FNO2. The molecule has 4 heteroatoms. The normalized spacial score (nSPS) is 10.3. The maximum absolute atomic E-state index is 13.2. The number of phenolic OH excluding ortho intramolecular Hbond substituents is 1. The number of nitrogens with zero attached hydrogens (tertiary/aromatic N) is 1. The molecule has 0 radical (unpaired) electrons. The largest absolute Gasteiger partial charge is 0.508 e. The number of benzene rings is 2. The second kappa shape index (κ2) is 5.10. The highest BCUT2D eigenvalue weighted by Crippen LogP contribution is 2.23. The fourth-order valence-corrected chi connectivity index (χ4v) is 1.84. The lowest BCUT2D eigenvalue weighted by atomic mass is 10.1. The van der Waals surface area contributed by atoms with E-state index in [1.807, 2.05) is 0 Å². The van der Waals surface area contributed by atoms with Gasteiger partial charge in [0.15, 0.2) is 0 Å². The lowest BCUT2D eigenvalue weighted by molar-refractivity contribution is 0.0992. The molecule has 98 valence electrons. The summed E-state index contributed by atoms with van der Waals surface area (Å²) in [5, 5.41) is 9.61. The van der Waals surface area contributed by atoms with Gasteiger partial charge in [-0.15, -0.1) is 0 Å². The number of phenols is 1. The van der Waals surface area contributed by atoms with Crippen molar-refractivity contribution >= 4 is 11.6 Å². The Hall–Kier alpha value is -2.36. The molecule has 0 aliphatic heterocycles. The van der Waals surface area contributed by atoms with Crippen molar-refractivity contribution in [2.24, 2.45) is 0 Å². The van der Waals surface area contributed by atoms with E-state index in [4.69, 9.17) is 0 Å². The average Bonchev–Trinajstić information content (AvgIpc) is 2.40. The average molecular weight is 259 g/mol. The zero-order valence-corrected chi connectivity index (χ0v) is 10.7. The summed E-state index contributed by atoms with van der Waals surface area (Å²) in [4.78, 5) is 13.7. The van der Waals surface area contributed by atoms with Crippen LogP contribution in [0.5, 0.6) is 5.75 Å². The molecule has 3 nitrogen and oxygen atoms in total. The SMILES string of the molecule is Cc1c(O)cccc1C(=O)N(C)c1cccc(F)c1. The second-order valence-corrected chi connectivity index (χ2v) is 4.29. The van der Waals surface area contributed by atoms with Gasteiger partial charge in [-0.1, -0.05) is 12.1 Å². The monoisotopic (exact) mass is 259 g/mol. The highest BCUT2D eigenvalue weighted by Gasteiger charge is 2.17. The van der Waals surface area contributed by atoms with Gasteiger partial charge < -0.3 is 10.0 Å². The third-order valence-corrected chi connectivity index (χ3v) is 3.04. The fraction of sp³-hybridized carbons (Fsp3) is 0.133. The topological polar surface area (TPSA) is 40.5 Å². The van der Waals surface area contributed by atoms with Crippen molar-refractivity contribution in [1.29, 1.82) is 0 Å². The smallest absolute Gasteiger partial charge is 0.258 e. The van der Waals surface area contributed by atoms with E-state index in [-0.39, 0.29) is 11.7 Å². The van der Waals surface area contributed by atoms with E-state index in [1.165, 1.54) is 23.1 Å². The van der Waals surface area contributed by atoms with Gasteiger partial charge in [-0.25, -0.2) is 4.39 Å². The maximum Gasteiger partial charge on any atom is 0.258 e. The first-order valence-corrected chi connectivity index (χ1v) is 5.83. The van der Waals surface area contributed by atoms with Crippen molar-refractivity contribution in [3.8, 4) is 5.75 Å². The Balaban J connectivity index is 2.36. The van der Waals surface area contributed by atoms with E-state index in [0.29, 0.717) is 16.8 Å². The van der Waals surface area contributed by atoms with Crippen LogP contribution in [0.15, 0.2) is 42.5 Å². The van der Waals surface area contributed by atoms with E-state index in [0.717, 1.165) is 0 Å². The van der Waals surface area contributed by atoms with Crippen LogP contribution >= 0.6 is 0 Å². The minimum atomic E-state index is -0.398. The van der Waals surface area contributed by atoms with E-state index in [1.54, 1.807) is 38.2 Å². The van der Waals surface area contributed by atoms with Crippen molar-refractivity contribution < 1.29 is 14.3 Å². The summed E-state index contributed by atoms with van der Waals surface area (Å²) in [5.41, 5.74) is 1.37. The van der Waals surface area contributed by atoms with Crippen LogP contribution in [0.3, 0.4) is 0 Å². The predicted octanol–water partition coefficient (Wildman–Crippen LogP) is 3.12. The molecule has 0 unspecified atom stereocenters. The van der Waals surface area contributed by atoms with Crippen LogP contribution in [0.4, 0.5) is 10.1 Å². The Morgan fingerprint density at radius 2 is 1.89 bits per heavy atom. The van der Waals surface area contributed by atoms with Gasteiger partial charge in [-0.3, -0.25) is 4.79 Å². The van der Waals surface area contributed by atoms with Crippen LogP contribution in [0.25, 0.3) is 0 Å². The molecule has 0 aliphatic carbocycles. The van der Waals surface area contributed by atoms with Gasteiger partial charge in [-0.2, -0.15) is 0 Å². The number of aromatic hydroxyl groups is 1. The lowest BCUT2D eigenvalue weighted by Gasteiger charge is -2.18. The molecule has 0 saturated carbocycles. The molecule has 19 heavy (non-hydrogen) atoms. The molecule has 0 saturated heterocycles. The third kappa shape index (κ3) is 2.57. The van der Waals surface area contributed by atoms with Crippen LogP contribution in [0.1, 0.15) is 15.9 Å². The Bertz CT molecular complexity index is 625. The van der Waals surface area contributed by atoms with Gasteiger partial charge in [0.1, 0.15) is 11.6 Å². The summed E-state index contributed by atoms with van der Waals surface area (Å²) in [6, 6.07) is 10.6. The van der Waals surface area contributed by atoms with Crippen molar-refractivity contribution in [3.05, 3.63) is 59.4 Å². The van der Waals surface area contributed by atoms with Crippen LogP contribution in [-0.4, -0.2) is 18.1 Å². The molecule has 0 bridgehead atoms. The number of hydrogen-bond acceptors (Lipinski definition) is 2. The number of carbonyl (C=O) groups is 1. The zero-order chi connectivity index (χ0) is 14.0. The van der Waals surface area contributed by atoms with E-state index < -0.39 is 5.82 Å².